The van der Waals surface area contributed by atoms with Crippen molar-refractivity contribution in [3.8, 4) is 11.5 Å². The van der Waals surface area contributed by atoms with Gasteiger partial charge in [0.1, 0.15) is 17.8 Å². The van der Waals surface area contributed by atoms with Crippen LogP contribution in [0.3, 0.4) is 0 Å². The molecule has 0 spiro atoms. The molecule has 2 heterocycles. The maximum absolute atomic E-state index is 13.9. The smallest absolute Gasteiger partial charge is 0.174 e. The molecule has 0 atom stereocenters. The van der Waals surface area contributed by atoms with Crippen LogP contribution in [0.1, 0.15) is 5.56 Å². The molecule has 1 aromatic carbocycles. The average molecular weight is 272 g/mol. The Hall–Kier alpha value is -2.34. The summed E-state index contributed by atoms with van der Waals surface area (Å²) in [5.74, 6) is 0.360. The van der Waals surface area contributed by atoms with Crippen molar-refractivity contribution in [2.75, 3.05) is 13.7 Å². The lowest BCUT2D eigenvalue weighted by molar-refractivity contribution is 0.201. The van der Waals surface area contributed by atoms with Gasteiger partial charge in [-0.05, 0) is 30.2 Å². The van der Waals surface area contributed by atoms with Crippen LogP contribution < -0.4 is 0 Å². The minimum Gasteiger partial charge on any atom is -0.384 e. The molecule has 0 fully saturated rings. The zero-order chi connectivity index (χ0) is 13.9. The molecule has 3 rings (SSSR count). The fourth-order valence-electron chi connectivity index (χ4n) is 2.05. The normalized spacial score (nSPS) is 11.1. The third-order valence-corrected chi connectivity index (χ3v) is 3.09. The number of nitrogens with one attached hydrogen (secondary N) is 1. The van der Waals surface area contributed by atoms with Crippen molar-refractivity contribution in [2.24, 2.45) is 0 Å². The van der Waals surface area contributed by atoms with E-state index < -0.39 is 0 Å². The lowest BCUT2D eigenvalue weighted by Gasteiger charge is -2.06. The van der Waals surface area contributed by atoms with Crippen molar-refractivity contribution in [3.05, 3.63) is 42.0 Å². The number of H-pyrrole nitrogens is 1. The number of halogens is 1. The lowest BCUT2D eigenvalue weighted by atomic mass is 10.1. The summed E-state index contributed by atoms with van der Waals surface area (Å²) in [6, 6.07) is 6.86. The van der Waals surface area contributed by atoms with Gasteiger partial charge in [-0.3, -0.25) is 5.10 Å². The fourth-order valence-corrected chi connectivity index (χ4v) is 2.05. The van der Waals surface area contributed by atoms with Gasteiger partial charge in [0.15, 0.2) is 5.82 Å². The predicted molar refractivity (Wildman–Crippen MR) is 72.7 cm³/mol. The Balaban J connectivity index is 2.06. The van der Waals surface area contributed by atoms with E-state index in [4.69, 9.17) is 4.74 Å². The van der Waals surface area contributed by atoms with E-state index in [1.165, 1.54) is 12.4 Å². The molecule has 6 heteroatoms. The highest BCUT2D eigenvalue weighted by Crippen LogP contribution is 2.21. The third-order valence-electron chi connectivity index (χ3n) is 3.09. The second-order valence-corrected chi connectivity index (χ2v) is 4.41. The summed E-state index contributed by atoms with van der Waals surface area (Å²) in [6.45, 7) is 0.476. The molecule has 1 N–H and O–H groups in total. The topological polar surface area (TPSA) is 63.7 Å². The highest BCUT2D eigenvalue weighted by atomic mass is 19.1. The molecule has 0 saturated carbocycles. The quantitative estimate of drug-likeness (QED) is 0.791. The maximum Gasteiger partial charge on any atom is 0.174 e. The molecule has 102 valence electrons. The van der Waals surface area contributed by atoms with E-state index in [0.717, 1.165) is 10.9 Å². The van der Waals surface area contributed by atoms with Crippen LogP contribution >= 0.6 is 0 Å². The van der Waals surface area contributed by atoms with Gasteiger partial charge < -0.3 is 4.74 Å². The van der Waals surface area contributed by atoms with Gasteiger partial charge >= 0.3 is 0 Å². The maximum atomic E-state index is 13.9. The van der Waals surface area contributed by atoms with Crippen LogP contribution in [0.5, 0.6) is 0 Å². The highest BCUT2D eigenvalue weighted by Gasteiger charge is 2.08. The van der Waals surface area contributed by atoms with Gasteiger partial charge in [-0.15, -0.1) is 0 Å². The number of aromatic amines is 1. The van der Waals surface area contributed by atoms with Crippen LogP contribution in [0.15, 0.2) is 30.6 Å². The average Bonchev–Trinajstić information content (AvgIpc) is 2.99. The standard InChI is InChI=1S/C14H13FN4O/c1-20-5-4-9-7-13-10(6-11(9)15)2-3-12(18-13)14-16-8-17-19-14/h2-3,6-8H,4-5H2,1H3,(H,16,17,19). The number of pyridine rings is 1. The zero-order valence-electron chi connectivity index (χ0n) is 10.9. The predicted octanol–water partition coefficient (Wildman–Crippen LogP) is 2.35. The van der Waals surface area contributed by atoms with Crippen LogP contribution in [0.2, 0.25) is 0 Å². The molecule has 0 amide bonds. The first-order valence-corrected chi connectivity index (χ1v) is 6.22. The minimum atomic E-state index is -0.233. The van der Waals surface area contributed by atoms with Crippen molar-refractivity contribution >= 4 is 10.9 Å². The molecule has 20 heavy (non-hydrogen) atoms. The summed E-state index contributed by atoms with van der Waals surface area (Å²) in [7, 11) is 1.60. The largest absolute Gasteiger partial charge is 0.384 e. The van der Waals surface area contributed by atoms with E-state index in [9.17, 15) is 4.39 Å². The van der Waals surface area contributed by atoms with E-state index in [-0.39, 0.29) is 5.82 Å². The van der Waals surface area contributed by atoms with Gasteiger partial charge in [0.25, 0.3) is 0 Å². The zero-order valence-corrected chi connectivity index (χ0v) is 10.9. The van der Waals surface area contributed by atoms with Crippen LogP contribution in [0.4, 0.5) is 4.39 Å². The van der Waals surface area contributed by atoms with Crippen LogP contribution in [0.25, 0.3) is 22.4 Å². The monoisotopic (exact) mass is 272 g/mol. The Morgan fingerprint density at radius 1 is 1.30 bits per heavy atom. The molecule has 5 nitrogen and oxygen atoms in total. The molecule has 3 aromatic rings. The van der Waals surface area contributed by atoms with Gasteiger partial charge in [-0.25, -0.2) is 14.4 Å². The fraction of sp³-hybridized carbons (Fsp3) is 0.214. The van der Waals surface area contributed by atoms with Gasteiger partial charge in [0.05, 0.1) is 12.1 Å². The Morgan fingerprint density at radius 2 is 2.20 bits per heavy atom. The molecule has 0 radical (unpaired) electrons. The van der Waals surface area contributed by atoms with Crippen LogP contribution in [0, 0.1) is 5.82 Å². The number of hydrogen-bond acceptors (Lipinski definition) is 4. The van der Waals surface area contributed by atoms with E-state index in [1.54, 1.807) is 19.2 Å². The number of hydrogen-bond donors (Lipinski definition) is 1. The van der Waals surface area contributed by atoms with E-state index in [0.29, 0.717) is 30.1 Å². The van der Waals surface area contributed by atoms with E-state index in [2.05, 4.69) is 20.2 Å². The first-order valence-electron chi connectivity index (χ1n) is 6.22. The second-order valence-electron chi connectivity index (χ2n) is 4.41. The number of methoxy groups -OCH3 is 1. The molecule has 0 unspecified atom stereocenters. The number of benzene rings is 1. The van der Waals surface area contributed by atoms with Crippen molar-refractivity contribution < 1.29 is 9.13 Å². The lowest BCUT2D eigenvalue weighted by Crippen LogP contribution is -1.98. The van der Waals surface area contributed by atoms with Crippen molar-refractivity contribution in [1.29, 1.82) is 0 Å². The molecule has 0 bridgehead atoms. The number of rotatable bonds is 4. The van der Waals surface area contributed by atoms with Crippen molar-refractivity contribution in [3.63, 3.8) is 0 Å². The summed E-state index contributed by atoms with van der Waals surface area (Å²) < 4.78 is 18.9. The van der Waals surface area contributed by atoms with E-state index in [1.807, 2.05) is 6.07 Å². The highest BCUT2D eigenvalue weighted by molar-refractivity contribution is 5.81. The van der Waals surface area contributed by atoms with Crippen LogP contribution in [-0.4, -0.2) is 33.9 Å². The molecular formula is C14H13FN4O. The SMILES string of the molecule is COCCc1cc2nc(-c3ncn[nH]3)ccc2cc1F. The first-order chi connectivity index (χ1) is 9.78. The number of fused-ring (bicyclic) bond motifs is 1. The molecule has 0 aliphatic carbocycles. The van der Waals surface area contributed by atoms with Gasteiger partial charge in [0.2, 0.25) is 0 Å². The van der Waals surface area contributed by atoms with Gasteiger partial charge in [-0.1, -0.05) is 6.07 Å². The molecule has 2 aromatic heterocycles. The summed E-state index contributed by atoms with van der Waals surface area (Å²) >= 11 is 0. The molecule has 0 saturated heterocycles. The summed E-state index contributed by atoms with van der Waals surface area (Å²) in [5, 5.41) is 7.32. The minimum absolute atomic E-state index is 0.233. The summed E-state index contributed by atoms with van der Waals surface area (Å²) in [5.41, 5.74) is 2.01. The van der Waals surface area contributed by atoms with Gasteiger partial charge in [0, 0.05) is 12.5 Å². The number of ether oxygens (including phenoxy) is 1. The molecule has 0 aliphatic heterocycles. The Labute approximate surface area is 114 Å². The van der Waals surface area contributed by atoms with Crippen LogP contribution in [-0.2, 0) is 11.2 Å². The second kappa shape index (κ2) is 5.34. The first kappa shape index (κ1) is 12.7. The molecule has 0 aliphatic rings. The Kier molecular flexibility index (Phi) is 3.39. The van der Waals surface area contributed by atoms with E-state index >= 15 is 0 Å². The third kappa shape index (κ3) is 2.37. The Bertz CT molecular complexity index is 727. The van der Waals surface area contributed by atoms with Gasteiger partial charge in [-0.2, -0.15) is 5.10 Å². The summed E-state index contributed by atoms with van der Waals surface area (Å²) in [6.07, 6.45) is 1.95. The number of nitrogens with zero attached hydrogens (tertiary/aromatic N) is 3. The summed E-state index contributed by atoms with van der Waals surface area (Å²) in [4.78, 5) is 8.55. The van der Waals surface area contributed by atoms with Crippen molar-refractivity contribution in [2.45, 2.75) is 6.42 Å². The Morgan fingerprint density at radius 3 is 2.95 bits per heavy atom. The number of aromatic nitrogens is 4. The van der Waals surface area contributed by atoms with Crippen molar-refractivity contribution in [1.82, 2.24) is 20.2 Å². The molecular weight excluding hydrogens is 259 g/mol.